The minimum atomic E-state index is -0.481. The molecule has 0 bridgehead atoms. The molecule has 1 N–H and O–H groups in total. The van der Waals surface area contributed by atoms with Crippen LogP contribution in [0.15, 0.2) is 48.5 Å². The van der Waals surface area contributed by atoms with Crippen LogP contribution in [0.5, 0.6) is 0 Å². The Morgan fingerprint density at radius 3 is 2.43 bits per heavy atom. The van der Waals surface area contributed by atoms with Crippen molar-refractivity contribution in [3.63, 3.8) is 0 Å². The first-order chi connectivity index (χ1) is 11.0. The molecule has 1 atom stereocenters. The molecule has 0 saturated carbocycles. The standard InChI is InChI=1S/C19H21NO3/c1-13-9-10-17(14(2)11-13)19(22)23-12-18(21)20-15(3)16-7-5-4-6-8-16/h4-11,15H,12H2,1-3H3,(H,20,21)/t15-/m1/s1. The molecule has 4 heteroatoms. The number of rotatable bonds is 5. The molecule has 23 heavy (non-hydrogen) atoms. The van der Waals surface area contributed by atoms with E-state index in [1.54, 1.807) is 6.07 Å². The molecule has 0 aliphatic heterocycles. The number of hydrogen-bond acceptors (Lipinski definition) is 3. The zero-order valence-electron chi connectivity index (χ0n) is 13.6. The van der Waals surface area contributed by atoms with Crippen LogP contribution in [-0.2, 0) is 9.53 Å². The quantitative estimate of drug-likeness (QED) is 0.862. The Kier molecular flexibility index (Phi) is 5.52. The van der Waals surface area contributed by atoms with E-state index < -0.39 is 5.97 Å². The van der Waals surface area contributed by atoms with Crippen LogP contribution >= 0.6 is 0 Å². The topological polar surface area (TPSA) is 55.4 Å². The van der Waals surface area contributed by atoms with Crippen LogP contribution in [-0.4, -0.2) is 18.5 Å². The lowest BCUT2D eigenvalue weighted by Crippen LogP contribution is -2.31. The van der Waals surface area contributed by atoms with Gasteiger partial charge in [-0.3, -0.25) is 4.79 Å². The van der Waals surface area contributed by atoms with Crippen LogP contribution in [0.4, 0.5) is 0 Å². The summed E-state index contributed by atoms with van der Waals surface area (Å²) in [6.07, 6.45) is 0. The number of ether oxygens (including phenoxy) is 1. The Hall–Kier alpha value is -2.62. The third-order valence-electron chi connectivity index (χ3n) is 3.61. The summed E-state index contributed by atoms with van der Waals surface area (Å²) < 4.78 is 5.10. The summed E-state index contributed by atoms with van der Waals surface area (Å²) in [7, 11) is 0. The molecule has 0 aromatic heterocycles. The maximum absolute atomic E-state index is 12.0. The van der Waals surface area contributed by atoms with Gasteiger partial charge in [0.1, 0.15) is 0 Å². The summed E-state index contributed by atoms with van der Waals surface area (Å²) in [5.74, 6) is -0.801. The molecule has 0 saturated heterocycles. The number of carbonyl (C=O) groups is 2. The van der Waals surface area contributed by atoms with E-state index in [0.717, 1.165) is 16.7 Å². The Bertz CT molecular complexity index is 695. The second kappa shape index (κ2) is 7.58. The van der Waals surface area contributed by atoms with Crippen molar-refractivity contribution in [1.29, 1.82) is 0 Å². The number of hydrogen-bond donors (Lipinski definition) is 1. The summed E-state index contributed by atoms with van der Waals surface area (Å²) in [5.41, 5.74) is 3.41. The molecule has 0 heterocycles. The molecule has 0 radical (unpaired) electrons. The Morgan fingerprint density at radius 1 is 1.09 bits per heavy atom. The SMILES string of the molecule is Cc1ccc(C(=O)OCC(=O)N[C@H](C)c2ccccc2)c(C)c1. The highest BCUT2D eigenvalue weighted by molar-refractivity contribution is 5.92. The number of esters is 1. The predicted molar refractivity (Wildman–Crippen MR) is 89.2 cm³/mol. The Morgan fingerprint density at radius 2 is 1.78 bits per heavy atom. The Balaban J connectivity index is 1.88. The van der Waals surface area contributed by atoms with Gasteiger partial charge in [-0.2, -0.15) is 0 Å². The van der Waals surface area contributed by atoms with E-state index in [-0.39, 0.29) is 18.6 Å². The average molecular weight is 311 g/mol. The Labute approximate surface area is 136 Å². The van der Waals surface area contributed by atoms with Crippen LogP contribution in [0.3, 0.4) is 0 Å². The summed E-state index contributed by atoms with van der Waals surface area (Å²) in [6.45, 7) is 5.41. The van der Waals surface area contributed by atoms with Crippen molar-refractivity contribution in [3.05, 3.63) is 70.8 Å². The first-order valence-corrected chi connectivity index (χ1v) is 7.56. The smallest absolute Gasteiger partial charge is 0.338 e. The van der Waals surface area contributed by atoms with Crippen molar-refractivity contribution in [1.82, 2.24) is 5.32 Å². The minimum Gasteiger partial charge on any atom is -0.452 e. The molecule has 0 aliphatic carbocycles. The predicted octanol–water partition coefficient (Wildman–Crippen LogP) is 3.34. The first kappa shape index (κ1) is 16.7. The highest BCUT2D eigenvalue weighted by atomic mass is 16.5. The van der Waals surface area contributed by atoms with E-state index in [4.69, 9.17) is 4.74 Å². The van der Waals surface area contributed by atoms with Crippen molar-refractivity contribution < 1.29 is 14.3 Å². The van der Waals surface area contributed by atoms with Gasteiger partial charge in [-0.05, 0) is 38.0 Å². The van der Waals surface area contributed by atoms with Gasteiger partial charge in [0.15, 0.2) is 6.61 Å². The van der Waals surface area contributed by atoms with Gasteiger partial charge in [-0.25, -0.2) is 4.79 Å². The normalized spacial score (nSPS) is 11.6. The number of nitrogens with one attached hydrogen (secondary N) is 1. The van der Waals surface area contributed by atoms with Crippen LogP contribution in [0, 0.1) is 13.8 Å². The highest BCUT2D eigenvalue weighted by Crippen LogP contribution is 2.13. The monoisotopic (exact) mass is 311 g/mol. The van der Waals surface area contributed by atoms with Crippen molar-refractivity contribution in [2.45, 2.75) is 26.8 Å². The van der Waals surface area contributed by atoms with Crippen LogP contribution < -0.4 is 5.32 Å². The third-order valence-corrected chi connectivity index (χ3v) is 3.61. The highest BCUT2D eigenvalue weighted by Gasteiger charge is 2.14. The number of benzene rings is 2. The number of aryl methyl sites for hydroxylation is 2. The van der Waals surface area contributed by atoms with Crippen molar-refractivity contribution in [2.24, 2.45) is 0 Å². The van der Waals surface area contributed by atoms with Gasteiger partial charge in [0, 0.05) is 0 Å². The summed E-state index contributed by atoms with van der Waals surface area (Å²) >= 11 is 0. The van der Waals surface area contributed by atoms with Gasteiger partial charge in [0.2, 0.25) is 0 Å². The van der Waals surface area contributed by atoms with Crippen molar-refractivity contribution in [3.8, 4) is 0 Å². The molecule has 0 fully saturated rings. The van der Waals surface area contributed by atoms with Crippen LogP contribution in [0.25, 0.3) is 0 Å². The van der Waals surface area contributed by atoms with Crippen molar-refractivity contribution >= 4 is 11.9 Å². The lowest BCUT2D eigenvalue weighted by atomic mass is 10.1. The van der Waals surface area contributed by atoms with Crippen LogP contribution in [0.2, 0.25) is 0 Å². The molecule has 4 nitrogen and oxygen atoms in total. The zero-order valence-corrected chi connectivity index (χ0v) is 13.6. The molecule has 0 unspecified atom stereocenters. The molecule has 2 aromatic rings. The van der Waals surface area contributed by atoms with Gasteiger partial charge in [-0.1, -0.05) is 48.0 Å². The van der Waals surface area contributed by atoms with Gasteiger partial charge in [0.05, 0.1) is 11.6 Å². The lowest BCUT2D eigenvalue weighted by molar-refractivity contribution is -0.124. The molecule has 0 spiro atoms. The van der Waals surface area contributed by atoms with E-state index in [1.165, 1.54) is 0 Å². The first-order valence-electron chi connectivity index (χ1n) is 7.56. The second-order valence-electron chi connectivity index (χ2n) is 5.59. The molecular formula is C19H21NO3. The van der Waals surface area contributed by atoms with Gasteiger partial charge in [0.25, 0.3) is 5.91 Å². The molecule has 2 aromatic carbocycles. The second-order valence-corrected chi connectivity index (χ2v) is 5.59. The zero-order chi connectivity index (χ0) is 16.8. The van der Waals surface area contributed by atoms with Gasteiger partial charge in [-0.15, -0.1) is 0 Å². The van der Waals surface area contributed by atoms with E-state index in [2.05, 4.69) is 5.32 Å². The van der Waals surface area contributed by atoms with E-state index in [0.29, 0.717) is 5.56 Å². The maximum atomic E-state index is 12.0. The van der Waals surface area contributed by atoms with E-state index >= 15 is 0 Å². The number of amides is 1. The average Bonchev–Trinajstić information content (AvgIpc) is 2.53. The fraction of sp³-hybridized carbons (Fsp3) is 0.263. The molecule has 2 rings (SSSR count). The molecular weight excluding hydrogens is 290 g/mol. The fourth-order valence-electron chi connectivity index (χ4n) is 2.36. The third kappa shape index (κ3) is 4.68. The maximum Gasteiger partial charge on any atom is 0.338 e. The van der Waals surface area contributed by atoms with Crippen LogP contribution in [0.1, 0.15) is 40.0 Å². The van der Waals surface area contributed by atoms with Crippen molar-refractivity contribution in [2.75, 3.05) is 6.61 Å². The fourth-order valence-corrected chi connectivity index (χ4v) is 2.36. The molecule has 0 aliphatic rings. The van der Waals surface area contributed by atoms with E-state index in [9.17, 15) is 9.59 Å². The molecule has 1 amide bonds. The number of carbonyl (C=O) groups excluding carboxylic acids is 2. The largest absolute Gasteiger partial charge is 0.452 e. The minimum absolute atomic E-state index is 0.136. The summed E-state index contributed by atoms with van der Waals surface area (Å²) in [6, 6.07) is 15.0. The lowest BCUT2D eigenvalue weighted by Gasteiger charge is -2.14. The van der Waals surface area contributed by atoms with Gasteiger partial charge < -0.3 is 10.1 Å². The summed E-state index contributed by atoms with van der Waals surface area (Å²) in [4.78, 5) is 23.9. The molecule has 120 valence electrons. The summed E-state index contributed by atoms with van der Waals surface area (Å²) in [5, 5.41) is 2.81. The van der Waals surface area contributed by atoms with Gasteiger partial charge >= 0.3 is 5.97 Å². The van der Waals surface area contributed by atoms with E-state index in [1.807, 2.05) is 63.2 Å².